The molecule has 0 spiro atoms. The highest BCUT2D eigenvalue weighted by Crippen LogP contribution is 2.17. The maximum atomic E-state index is 12.2. The van der Waals surface area contributed by atoms with Crippen LogP contribution in [0.4, 0.5) is 5.69 Å². The third-order valence-electron chi connectivity index (χ3n) is 5.54. The Bertz CT molecular complexity index is 769. The predicted molar refractivity (Wildman–Crippen MR) is 109 cm³/mol. The smallest absolute Gasteiger partial charge is 0.221 e. The summed E-state index contributed by atoms with van der Waals surface area (Å²) in [5.74, 6) is 0.138. The molecular weight excluding hydrogens is 336 g/mol. The van der Waals surface area contributed by atoms with E-state index in [1.54, 1.807) is 0 Å². The lowest BCUT2D eigenvalue weighted by Gasteiger charge is -2.36. The molecule has 27 heavy (non-hydrogen) atoms. The van der Waals surface area contributed by atoms with Crippen LogP contribution in [0, 0.1) is 0 Å². The zero-order chi connectivity index (χ0) is 18.5. The predicted octanol–water partition coefficient (Wildman–Crippen LogP) is 2.12. The van der Waals surface area contributed by atoms with Gasteiger partial charge in [-0.25, -0.2) is 0 Å². The molecule has 5 nitrogen and oxygen atoms in total. The van der Waals surface area contributed by atoms with E-state index in [0.29, 0.717) is 13.0 Å². The molecule has 0 aromatic heterocycles. The number of piperazine rings is 1. The van der Waals surface area contributed by atoms with Gasteiger partial charge in [-0.2, -0.15) is 0 Å². The summed E-state index contributed by atoms with van der Waals surface area (Å²) in [6.45, 7) is 7.42. The highest BCUT2D eigenvalue weighted by molar-refractivity contribution is 5.76. The summed E-state index contributed by atoms with van der Waals surface area (Å²) in [5.41, 5.74) is 5.21. The molecule has 0 saturated carbocycles. The molecule has 2 aromatic carbocycles. The molecular formula is C22H28N4O. The normalized spacial score (nSPS) is 17.0. The number of nitrogens with one attached hydrogen (secondary N) is 2. The number of benzene rings is 2. The van der Waals surface area contributed by atoms with Crippen LogP contribution in [0.15, 0.2) is 48.5 Å². The van der Waals surface area contributed by atoms with Crippen LogP contribution in [0.25, 0.3) is 0 Å². The van der Waals surface area contributed by atoms with Gasteiger partial charge in [-0.3, -0.25) is 9.69 Å². The molecule has 2 aliphatic rings. The van der Waals surface area contributed by atoms with Crippen molar-refractivity contribution >= 4 is 11.6 Å². The summed E-state index contributed by atoms with van der Waals surface area (Å²) in [6.07, 6.45) is 0.567. The van der Waals surface area contributed by atoms with Crippen LogP contribution in [0.1, 0.15) is 23.1 Å². The number of anilines is 1. The van der Waals surface area contributed by atoms with Gasteiger partial charge in [-0.15, -0.1) is 0 Å². The van der Waals surface area contributed by atoms with Crippen LogP contribution < -0.4 is 15.5 Å². The molecule has 0 radical (unpaired) electrons. The monoisotopic (exact) mass is 364 g/mol. The quantitative estimate of drug-likeness (QED) is 0.824. The first-order valence-electron chi connectivity index (χ1n) is 9.88. The second kappa shape index (κ2) is 8.55. The Morgan fingerprint density at radius 3 is 2.56 bits per heavy atom. The molecule has 1 fully saturated rings. The summed E-state index contributed by atoms with van der Waals surface area (Å²) < 4.78 is 0. The fourth-order valence-electron chi connectivity index (χ4n) is 3.88. The number of para-hydroxylation sites is 1. The van der Waals surface area contributed by atoms with Gasteiger partial charge in [-0.05, 0) is 28.8 Å². The molecule has 0 bridgehead atoms. The van der Waals surface area contributed by atoms with Crippen molar-refractivity contribution in [3.63, 3.8) is 0 Å². The maximum absolute atomic E-state index is 12.2. The van der Waals surface area contributed by atoms with E-state index >= 15 is 0 Å². The van der Waals surface area contributed by atoms with Gasteiger partial charge in [0, 0.05) is 64.5 Å². The Kier molecular flexibility index (Phi) is 5.70. The first-order chi connectivity index (χ1) is 13.3. The number of nitrogens with zero attached hydrogens (tertiary/aromatic N) is 2. The molecule has 142 valence electrons. The maximum Gasteiger partial charge on any atom is 0.221 e. The number of carbonyl (C=O) groups excluding carboxylic acids is 1. The van der Waals surface area contributed by atoms with Crippen LogP contribution in [0.2, 0.25) is 0 Å². The first kappa shape index (κ1) is 18.0. The number of amides is 1. The van der Waals surface area contributed by atoms with Crippen molar-refractivity contribution in [2.75, 3.05) is 37.6 Å². The van der Waals surface area contributed by atoms with Crippen LogP contribution in [-0.2, 0) is 24.4 Å². The zero-order valence-corrected chi connectivity index (χ0v) is 15.8. The summed E-state index contributed by atoms with van der Waals surface area (Å²) >= 11 is 0. The molecule has 2 aromatic rings. The lowest BCUT2D eigenvalue weighted by Crippen LogP contribution is -2.47. The van der Waals surface area contributed by atoms with Crippen LogP contribution >= 0.6 is 0 Å². The van der Waals surface area contributed by atoms with Gasteiger partial charge in [0.1, 0.15) is 0 Å². The first-order valence-corrected chi connectivity index (χ1v) is 9.88. The van der Waals surface area contributed by atoms with Crippen molar-refractivity contribution in [1.29, 1.82) is 0 Å². The largest absolute Gasteiger partial charge is 0.369 e. The van der Waals surface area contributed by atoms with Gasteiger partial charge in [0.2, 0.25) is 5.91 Å². The van der Waals surface area contributed by atoms with Crippen molar-refractivity contribution in [2.24, 2.45) is 0 Å². The van der Waals surface area contributed by atoms with Crippen molar-refractivity contribution in [3.8, 4) is 0 Å². The Balaban J connectivity index is 1.17. The van der Waals surface area contributed by atoms with E-state index in [1.165, 1.54) is 22.4 Å². The minimum atomic E-state index is 0.138. The highest BCUT2D eigenvalue weighted by atomic mass is 16.1. The SMILES string of the molecule is O=C(CCN1CCN(c2ccccc2)CC1)NCc1ccc2c(c1)CNC2. The number of fused-ring (bicyclic) bond motifs is 1. The number of rotatable bonds is 6. The lowest BCUT2D eigenvalue weighted by molar-refractivity contribution is -0.121. The fraction of sp³-hybridized carbons (Fsp3) is 0.409. The van der Waals surface area contributed by atoms with Crippen LogP contribution in [-0.4, -0.2) is 43.5 Å². The van der Waals surface area contributed by atoms with Gasteiger partial charge < -0.3 is 15.5 Å². The van der Waals surface area contributed by atoms with Crippen molar-refractivity contribution in [3.05, 3.63) is 65.2 Å². The van der Waals surface area contributed by atoms with E-state index in [-0.39, 0.29) is 5.91 Å². The second-order valence-corrected chi connectivity index (χ2v) is 7.40. The van der Waals surface area contributed by atoms with Crippen molar-refractivity contribution < 1.29 is 4.79 Å². The van der Waals surface area contributed by atoms with Crippen molar-refractivity contribution in [2.45, 2.75) is 26.1 Å². The number of hydrogen-bond donors (Lipinski definition) is 2. The number of hydrogen-bond acceptors (Lipinski definition) is 4. The summed E-state index contributed by atoms with van der Waals surface area (Å²) in [5, 5.41) is 6.42. The summed E-state index contributed by atoms with van der Waals surface area (Å²) in [6, 6.07) is 17.1. The van der Waals surface area contributed by atoms with E-state index < -0.39 is 0 Å². The van der Waals surface area contributed by atoms with Gasteiger partial charge in [-0.1, -0.05) is 36.4 Å². The minimum absolute atomic E-state index is 0.138. The molecule has 1 amide bonds. The van der Waals surface area contributed by atoms with Crippen LogP contribution in [0.5, 0.6) is 0 Å². The van der Waals surface area contributed by atoms with Gasteiger partial charge >= 0.3 is 0 Å². The van der Waals surface area contributed by atoms with Crippen molar-refractivity contribution in [1.82, 2.24) is 15.5 Å². The highest BCUT2D eigenvalue weighted by Gasteiger charge is 2.17. The summed E-state index contributed by atoms with van der Waals surface area (Å²) in [7, 11) is 0. The van der Waals surface area contributed by atoms with E-state index in [2.05, 4.69) is 69.0 Å². The Morgan fingerprint density at radius 1 is 0.963 bits per heavy atom. The van der Waals surface area contributed by atoms with E-state index in [4.69, 9.17) is 0 Å². The second-order valence-electron chi connectivity index (χ2n) is 7.40. The van der Waals surface area contributed by atoms with E-state index in [1.807, 2.05) is 0 Å². The average Bonchev–Trinajstić information content (AvgIpc) is 3.19. The summed E-state index contributed by atoms with van der Waals surface area (Å²) in [4.78, 5) is 17.0. The molecule has 2 heterocycles. The topological polar surface area (TPSA) is 47.6 Å². The van der Waals surface area contributed by atoms with Gasteiger partial charge in [0.25, 0.3) is 0 Å². The Morgan fingerprint density at radius 2 is 1.74 bits per heavy atom. The van der Waals surface area contributed by atoms with Gasteiger partial charge in [0.15, 0.2) is 0 Å². The fourth-order valence-corrected chi connectivity index (χ4v) is 3.88. The van der Waals surface area contributed by atoms with Gasteiger partial charge in [0.05, 0.1) is 0 Å². The standard InChI is InChI=1S/C22H28N4O/c27-22(24-15-18-6-7-19-16-23-17-20(19)14-18)8-9-25-10-12-26(13-11-25)21-4-2-1-3-5-21/h1-7,14,23H,8-13,15-17H2,(H,24,27). The molecule has 2 N–H and O–H groups in total. The molecule has 0 unspecified atom stereocenters. The van der Waals surface area contributed by atoms with E-state index in [9.17, 15) is 4.79 Å². The lowest BCUT2D eigenvalue weighted by atomic mass is 10.1. The zero-order valence-electron chi connectivity index (χ0n) is 15.8. The third-order valence-corrected chi connectivity index (χ3v) is 5.54. The molecule has 0 aliphatic carbocycles. The molecule has 1 saturated heterocycles. The molecule has 0 atom stereocenters. The average molecular weight is 364 g/mol. The minimum Gasteiger partial charge on any atom is -0.369 e. The number of carbonyl (C=O) groups is 1. The molecule has 2 aliphatic heterocycles. The molecule has 4 rings (SSSR count). The van der Waals surface area contributed by atoms with Crippen LogP contribution in [0.3, 0.4) is 0 Å². The Hall–Kier alpha value is -2.37. The third kappa shape index (κ3) is 4.67. The molecule has 5 heteroatoms. The Labute approximate surface area is 161 Å². The van der Waals surface area contributed by atoms with E-state index in [0.717, 1.165) is 45.8 Å².